The lowest BCUT2D eigenvalue weighted by atomic mass is 10.0. The fourth-order valence-corrected chi connectivity index (χ4v) is 3.26. The number of nitrogens with zero attached hydrogens (tertiary/aromatic N) is 2. The van der Waals surface area contributed by atoms with Crippen LogP contribution in [0.4, 0.5) is 10.5 Å². The Balaban J connectivity index is 2.12. The van der Waals surface area contributed by atoms with Crippen molar-refractivity contribution in [3.05, 3.63) is 22.4 Å². The van der Waals surface area contributed by atoms with Crippen molar-refractivity contribution in [2.24, 2.45) is 0 Å². The molecule has 0 spiro atoms. The van der Waals surface area contributed by atoms with Crippen LogP contribution in [-0.2, 0) is 4.74 Å². The number of carbonyl (C=O) groups excluding carboxylic acids is 2. The van der Waals surface area contributed by atoms with E-state index >= 15 is 0 Å². The Hall–Kier alpha value is -1.63. The van der Waals surface area contributed by atoms with Crippen LogP contribution in [0.2, 0.25) is 0 Å². The van der Waals surface area contributed by atoms with Crippen molar-refractivity contribution in [2.75, 3.05) is 18.0 Å². The van der Waals surface area contributed by atoms with Crippen molar-refractivity contribution < 1.29 is 14.3 Å². The molecule has 1 fully saturated rings. The summed E-state index contributed by atoms with van der Waals surface area (Å²) in [6, 6.07) is 0. The first-order valence-electron chi connectivity index (χ1n) is 7.48. The average molecular weight is 384 g/mol. The molecule has 0 aromatic carbocycles. The van der Waals surface area contributed by atoms with Crippen LogP contribution in [0.25, 0.3) is 0 Å². The van der Waals surface area contributed by atoms with Gasteiger partial charge >= 0.3 is 6.09 Å². The number of hydrogen-bond donors (Lipinski definition) is 1. The average Bonchev–Trinajstić information content (AvgIpc) is 2.77. The van der Waals surface area contributed by atoms with E-state index in [0.29, 0.717) is 12.1 Å². The van der Waals surface area contributed by atoms with Crippen LogP contribution in [-0.4, -0.2) is 41.6 Å². The summed E-state index contributed by atoms with van der Waals surface area (Å²) >= 11 is 3.45. The maximum atomic E-state index is 12.0. The number of aldehydes is 1. The summed E-state index contributed by atoms with van der Waals surface area (Å²) in [4.78, 5) is 29.4. The zero-order valence-corrected chi connectivity index (χ0v) is 15.4. The summed E-state index contributed by atoms with van der Waals surface area (Å²) in [6.07, 6.45) is 4.35. The molecule has 7 heteroatoms. The van der Waals surface area contributed by atoms with Crippen LogP contribution >= 0.6 is 15.9 Å². The highest BCUT2D eigenvalue weighted by molar-refractivity contribution is 9.10. The van der Waals surface area contributed by atoms with Gasteiger partial charge in [-0.2, -0.15) is 0 Å². The van der Waals surface area contributed by atoms with E-state index in [1.165, 1.54) is 0 Å². The monoisotopic (exact) mass is 383 g/mol. The van der Waals surface area contributed by atoms with Crippen molar-refractivity contribution >= 4 is 34.0 Å². The molecule has 1 atom stereocenters. The van der Waals surface area contributed by atoms with E-state index < -0.39 is 17.2 Å². The van der Waals surface area contributed by atoms with E-state index in [1.807, 2.05) is 27.7 Å². The van der Waals surface area contributed by atoms with Gasteiger partial charge in [-0.1, -0.05) is 0 Å². The Labute approximate surface area is 144 Å². The Morgan fingerprint density at radius 1 is 1.48 bits per heavy atom. The third-order valence-corrected chi connectivity index (χ3v) is 4.20. The molecule has 2 heterocycles. The van der Waals surface area contributed by atoms with Gasteiger partial charge in [0, 0.05) is 25.5 Å². The summed E-state index contributed by atoms with van der Waals surface area (Å²) in [7, 11) is 0. The third kappa shape index (κ3) is 4.43. The fraction of sp³-hybridized carbons (Fsp3) is 0.562. The van der Waals surface area contributed by atoms with Crippen molar-refractivity contribution in [1.29, 1.82) is 0 Å². The molecule has 1 aliphatic rings. The molecular formula is C16H22BrN3O3. The van der Waals surface area contributed by atoms with E-state index in [2.05, 4.69) is 31.1 Å². The lowest BCUT2D eigenvalue weighted by Gasteiger charge is -2.29. The molecule has 1 saturated heterocycles. The minimum Gasteiger partial charge on any atom is -0.444 e. The van der Waals surface area contributed by atoms with Gasteiger partial charge in [-0.05, 0) is 50.0 Å². The number of rotatable bonds is 3. The molecule has 2 rings (SSSR count). The lowest BCUT2D eigenvalue weighted by Crippen LogP contribution is -2.49. The molecule has 0 bridgehead atoms. The molecular weight excluding hydrogens is 362 g/mol. The molecule has 0 radical (unpaired) electrons. The quantitative estimate of drug-likeness (QED) is 0.811. The molecule has 1 unspecified atom stereocenters. The minimum absolute atomic E-state index is 0.412. The molecule has 1 aliphatic heterocycles. The van der Waals surface area contributed by atoms with Gasteiger partial charge in [0.15, 0.2) is 6.29 Å². The second-order valence-corrected chi connectivity index (χ2v) is 7.89. The number of halogens is 1. The molecule has 1 aromatic rings. The van der Waals surface area contributed by atoms with Gasteiger partial charge in [0.1, 0.15) is 5.60 Å². The highest BCUT2D eigenvalue weighted by Gasteiger charge is 2.37. The molecule has 0 aliphatic carbocycles. The molecule has 6 nitrogen and oxygen atoms in total. The summed E-state index contributed by atoms with van der Waals surface area (Å²) in [6.45, 7) is 8.80. The van der Waals surface area contributed by atoms with Crippen molar-refractivity contribution in [1.82, 2.24) is 10.3 Å². The number of alkyl carbamates (subject to hydrolysis) is 1. The molecule has 0 saturated carbocycles. The van der Waals surface area contributed by atoms with Crippen molar-refractivity contribution in [2.45, 2.75) is 45.3 Å². The molecule has 23 heavy (non-hydrogen) atoms. The number of pyridine rings is 1. The van der Waals surface area contributed by atoms with E-state index in [9.17, 15) is 9.59 Å². The van der Waals surface area contributed by atoms with Crippen molar-refractivity contribution in [3.63, 3.8) is 0 Å². The maximum Gasteiger partial charge on any atom is 0.408 e. The van der Waals surface area contributed by atoms with E-state index in [-0.39, 0.29) is 0 Å². The van der Waals surface area contributed by atoms with Crippen LogP contribution in [0.3, 0.4) is 0 Å². The second kappa shape index (κ2) is 6.47. The van der Waals surface area contributed by atoms with Gasteiger partial charge in [-0.25, -0.2) is 4.79 Å². The van der Waals surface area contributed by atoms with Gasteiger partial charge < -0.3 is 15.0 Å². The van der Waals surface area contributed by atoms with Gasteiger partial charge in [0.2, 0.25) is 0 Å². The predicted octanol–water partition coefficient (Wildman–Crippen LogP) is 3.15. The number of hydrogen-bond acceptors (Lipinski definition) is 5. The number of amides is 1. The van der Waals surface area contributed by atoms with Crippen LogP contribution in [0.15, 0.2) is 16.9 Å². The van der Waals surface area contributed by atoms with Gasteiger partial charge in [-0.3, -0.25) is 9.78 Å². The topological polar surface area (TPSA) is 71.5 Å². The standard InChI is InChI=1S/C16H22BrN3O3/c1-15(2,3)23-14(22)19-16(4)5-6-20(10-16)13-11(9-21)7-18-8-12(13)17/h7-9H,5-6,10H2,1-4H3,(H,19,22). The first-order chi connectivity index (χ1) is 10.6. The van der Waals surface area contributed by atoms with Crippen LogP contribution in [0.5, 0.6) is 0 Å². The highest BCUT2D eigenvalue weighted by atomic mass is 79.9. The maximum absolute atomic E-state index is 12.0. The zero-order chi connectivity index (χ0) is 17.3. The molecule has 1 N–H and O–H groups in total. The molecule has 126 valence electrons. The van der Waals surface area contributed by atoms with Gasteiger partial charge in [0.05, 0.1) is 21.3 Å². The Bertz CT molecular complexity index is 615. The summed E-state index contributed by atoms with van der Waals surface area (Å²) in [5.41, 5.74) is 0.397. The third-order valence-electron chi connectivity index (χ3n) is 3.62. The highest BCUT2D eigenvalue weighted by Crippen LogP contribution is 2.34. The summed E-state index contributed by atoms with van der Waals surface area (Å²) in [5, 5.41) is 2.95. The number of anilines is 1. The number of aromatic nitrogens is 1. The largest absolute Gasteiger partial charge is 0.444 e. The molecule has 1 amide bonds. The van der Waals surface area contributed by atoms with Crippen LogP contribution < -0.4 is 10.2 Å². The summed E-state index contributed by atoms with van der Waals surface area (Å²) < 4.78 is 6.10. The fourth-order valence-electron chi connectivity index (χ4n) is 2.67. The number of ether oxygens (including phenoxy) is 1. The predicted molar refractivity (Wildman–Crippen MR) is 91.9 cm³/mol. The number of nitrogens with one attached hydrogen (secondary N) is 1. The first-order valence-corrected chi connectivity index (χ1v) is 8.28. The Kier molecular flexibility index (Phi) is 4.98. The van der Waals surface area contributed by atoms with Crippen LogP contribution in [0, 0.1) is 0 Å². The number of carbonyl (C=O) groups is 2. The lowest BCUT2D eigenvalue weighted by molar-refractivity contribution is 0.0473. The van der Waals surface area contributed by atoms with E-state index in [1.54, 1.807) is 12.4 Å². The SMILES string of the molecule is CC1(NC(=O)OC(C)(C)C)CCN(c2c(Br)cncc2C=O)C1. The van der Waals surface area contributed by atoms with Gasteiger partial charge in [0.25, 0.3) is 0 Å². The normalized spacial score (nSPS) is 21.2. The Morgan fingerprint density at radius 3 is 2.78 bits per heavy atom. The zero-order valence-electron chi connectivity index (χ0n) is 13.9. The van der Waals surface area contributed by atoms with Crippen LogP contribution in [0.1, 0.15) is 44.5 Å². The van der Waals surface area contributed by atoms with Gasteiger partial charge in [-0.15, -0.1) is 0 Å². The van der Waals surface area contributed by atoms with E-state index in [4.69, 9.17) is 4.74 Å². The summed E-state index contributed by atoms with van der Waals surface area (Å²) in [5.74, 6) is 0. The molecule has 1 aromatic heterocycles. The smallest absolute Gasteiger partial charge is 0.408 e. The minimum atomic E-state index is -0.530. The second-order valence-electron chi connectivity index (χ2n) is 7.04. The first kappa shape index (κ1) is 17.7. The Morgan fingerprint density at radius 2 is 2.17 bits per heavy atom. The van der Waals surface area contributed by atoms with E-state index in [0.717, 1.165) is 29.4 Å². The van der Waals surface area contributed by atoms with Crippen molar-refractivity contribution in [3.8, 4) is 0 Å².